The molecule has 0 saturated carbocycles. The molecule has 1 aromatic carbocycles. The van der Waals surface area contributed by atoms with E-state index in [9.17, 15) is 9.59 Å². The van der Waals surface area contributed by atoms with Crippen LogP contribution in [0.3, 0.4) is 0 Å². The number of carboxylic acids is 1. The molecule has 0 aliphatic heterocycles. The predicted octanol–water partition coefficient (Wildman–Crippen LogP) is 1.40. The number of carboxylic acid groups (broad SMARTS) is 1. The van der Waals surface area contributed by atoms with Gasteiger partial charge in [-0.3, -0.25) is 9.59 Å². The van der Waals surface area contributed by atoms with Crippen LogP contribution in [0.15, 0.2) is 24.3 Å². The number of hydrogen-bond acceptors (Lipinski definition) is 3. The lowest BCUT2D eigenvalue weighted by Gasteiger charge is -2.27. The fraction of sp³-hybridized carbons (Fsp3) is 0.467. The maximum atomic E-state index is 12.3. The van der Waals surface area contributed by atoms with E-state index in [0.29, 0.717) is 6.54 Å². The van der Waals surface area contributed by atoms with Crippen molar-refractivity contribution >= 4 is 11.9 Å². The largest absolute Gasteiger partial charge is 0.480 e. The predicted molar refractivity (Wildman–Crippen MR) is 77.1 cm³/mol. The molecule has 110 valence electrons. The molecule has 0 radical (unpaired) electrons. The van der Waals surface area contributed by atoms with Gasteiger partial charge in [0, 0.05) is 12.6 Å². The van der Waals surface area contributed by atoms with E-state index in [1.807, 2.05) is 38.1 Å². The van der Waals surface area contributed by atoms with Gasteiger partial charge in [-0.2, -0.15) is 0 Å². The lowest BCUT2D eigenvalue weighted by molar-refractivity contribution is -0.145. The van der Waals surface area contributed by atoms with Gasteiger partial charge < -0.3 is 15.7 Å². The zero-order valence-electron chi connectivity index (χ0n) is 12.0. The summed E-state index contributed by atoms with van der Waals surface area (Å²) in [6, 6.07) is 7.37. The Balaban J connectivity index is 2.87. The SMILES string of the molecule is CCC(C)N(CC(=O)O)C(=O)Cc1ccccc1CN. The molecule has 5 nitrogen and oxygen atoms in total. The number of hydrogen-bond donors (Lipinski definition) is 2. The van der Waals surface area contributed by atoms with Crippen molar-refractivity contribution in [1.82, 2.24) is 4.90 Å². The lowest BCUT2D eigenvalue weighted by atomic mass is 10.0. The third kappa shape index (κ3) is 4.35. The van der Waals surface area contributed by atoms with Crippen LogP contribution < -0.4 is 5.73 Å². The molecule has 0 saturated heterocycles. The third-order valence-corrected chi connectivity index (χ3v) is 3.43. The minimum Gasteiger partial charge on any atom is -0.480 e. The van der Waals surface area contributed by atoms with Gasteiger partial charge in [-0.05, 0) is 24.5 Å². The maximum Gasteiger partial charge on any atom is 0.323 e. The molecular formula is C15H22N2O3. The van der Waals surface area contributed by atoms with Crippen LogP contribution in [-0.2, 0) is 22.6 Å². The molecule has 3 N–H and O–H groups in total. The summed E-state index contributed by atoms with van der Waals surface area (Å²) in [5.41, 5.74) is 7.43. The van der Waals surface area contributed by atoms with E-state index >= 15 is 0 Å². The van der Waals surface area contributed by atoms with E-state index in [1.54, 1.807) is 0 Å². The second-order valence-electron chi connectivity index (χ2n) is 4.82. The smallest absolute Gasteiger partial charge is 0.323 e. The fourth-order valence-electron chi connectivity index (χ4n) is 2.05. The molecule has 0 heterocycles. The van der Waals surface area contributed by atoms with Crippen LogP contribution in [0.25, 0.3) is 0 Å². The number of nitrogens with zero attached hydrogens (tertiary/aromatic N) is 1. The highest BCUT2D eigenvalue weighted by Gasteiger charge is 2.22. The summed E-state index contributed by atoms with van der Waals surface area (Å²) < 4.78 is 0. The molecule has 0 aromatic heterocycles. The highest BCUT2D eigenvalue weighted by Crippen LogP contribution is 2.12. The first-order valence-corrected chi connectivity index (χ1v) is 6.77. The summed E-state index contributed by atoms with van der Waals surface area (Å²) >= 11 is 0. The van der Waals surface area contributed by atoms with Gasteiger partial charge in [0.05, 0.1) is 6.42 Å². The first-order chi connectivity index (χ1) is 9.49. The van der Waals surface area contributed by atoms with E-state index in [4.69, 9.17) is 10.8 Å². The zero-order chi connectivity index (χ0) is 15.1. The minimum atomic E-state index is -0.995. The van der Waals surface area contributed by atoms with Crippen LogP contribution in [-0.4, -0.2) is 34.5 Å². The summed E-state index contributed by atoms with van der Waals surface area (Å²) in [6.07, 6.45) is 0.905. The van der Waals surface area contributed by atoms with Crippen molar-refractivity contribution in [1.29, 1.82) is 0 Å². The number of rotatable bonds is 7. The first-order valence-electron chi connectivity index (χ1n) is 6.77. The molecule has 0 bridgehead atoms. The highest BCUT2D eigenvalue weighted by atomic mass is 16.4. The Morgan fingerprint density at radius 1 is 1.30 bits per heavy atom. The molecular weight excluding hydrogens is 256 g/mol. The van der Waals surface area contributed by atoms with Gasteiger partial charge in [0.25, 0.3) is 0 Å². The van der Waals surface area contributed by atoms with Gasteiger partial charge >= 0.3 is 5.97 Å². The Morgan fingerprint density at radius 2 is 1.90 bits per heavy atom. The molecule has 1 atom stereocenters. The summed E-state index contributed by atoms with van der Waals surface area (Å²) in [7, 11) is 0. The maximum absolute atomic E-state index is 12.3. The molecule has 1 unspecified atom stereocenters. The third-order valence-electron chi connectivity index (χ3n) is 3.43. The van der Waals surface area contributed by atoms with Crippen molar-refractivity contribution in [2.45, 2.75) is 39.3 Å². The van der Waals surface area contributed by atoms with Crippen LogP contribution in [0.1, 0.15) is 31.4 Å². The second kappa shape index (κ2) is 7.65. The van der Waals surface area contributed by atoms with Crippen molar-refractivity contribution in [2.75, 3.05) is 6.54 Å². The van der Waals surface area contributed by atoms with Crippen LogP contribution in [0.2, 0.25) is 0 Å². The number of carbonyl (C=O) groups excluding carboxylic acids is 1. The number of amides is 1. The van der Waals surface area contributed by atoms with Crippen LogP contribution in [0.5, 0.6) is 0 Å². The Hall–Kier alpha value is -1.88. The van der Waals surface area contributed by atoms with E-state index < -0.39 is 5.97 Å². The van der Waals surface area contributed by atoms with E-state index in [1.165, 1.54) is 4.90 Å². The van der Waals surface area contributed by atoms with Crippen LogP contribution in [0.4, 0.5) is 0 Å². The number of nitrogens with two attached hydrogens (primary N) is 1. The van der Waals surface area contributed by atoms with Crippen LogP contribution in [0, 0.1) is 0 Å². The quantitative estimate of drug-likeness (QED) is 0.789. The highest BCUT2D eigenvalue weighted by molar-refractivity contribution is 5.83. The Labute approximate surface area is 119 Å². The molecule has 1 amide bonds. The Kier molecular flexibility index (Phi) is 6.18. The average Bonchev–Trinajstić information content (AvgIpc) is 2.44. The van der Waals surface area contributed by atoms with Gasteiger partial charge in [-0.15, -0.1) is 0 Å². The van der Waals surface area contributed by atoms with E-state index in [0.717, 1.165) is 17.5 Å². The summed E-state index contributed by atoms with van der Waals surface area (Å²) in [5.74, 6) is -1.17. The van der Waals surface area contributed by atoms with E-state index in [2.05, 4.69) is 0 Å². The van der Waals surface area contributed by atoms with Gasteiger partial charge in [-0.25, -0.2) is 0 Å². The zero-order valence-corrected chi connectivity index (χ0v) is 12.0. The van der Waals surface area contributed by atoms with E-state index in [-0.39, 0.29) is 24.9 Å². The van der Waals surface area contributed by atoms with Crippen molar-refractivity contribution in [3.63, 3.8) is 0 Å². The van der Waals surface area contributed by atoms with Crippen molar-refractivity contribution < 1.29 is 14.7 Å². The minimum absolute atomic E-state index is 0.0939. The molecule has 5 heteroatoms. The van der Waals surface area contributed by atoms with Gasteiger partial charge in [-0.1, -0.05) is 31.2 Å². The summed E-state index contributed by atoms with van der Waals surface area (Å²) in [4.78, 5) is 24.6. The monoisotopic (exact) mass is 278 g/mol. The Morgan fingerprint density at radius 3 is 2.40 bits per heavy atom. The first kappa shape index (κ1) is 16.2. The standard InChI is InChI=1S/C15H22N2O3/c1-3-11(2)17(10-15(19)20)14(18)8-12-6-4-5-7-13(12)9-16/h4-7,11H,3,8-10,16H2,1-2H3,(H,19,20). The normalized spacial score (nSPS) is 11.9. The van der Waals surface area contributed by atoms with Crippen LogP contribution >= 0.6 is 0 Å². The summed E-state index contributed by atoms with van der Waals surface area (Å²) in [5, 5.41) is 8.93. The number of aliphatic carboxylic acids is 1. The van der Waals surface area contributed by atoms with Gasteiger partial charge in [0.15, 0.2) is 0 Å². The topological polar surface area (TPSA) is 83.6 Å². The molecule has 0 aliphatic carbocycles. The average molecular weight is 278 g/mol. The van der Waals surface area contributed by atoms with Crippen molar-refractivity contribution in [3.05, 3.63) is 35.4 Å². The Bertz CT molecular complexity index is 474. The van der Waals surface area contributed by atoms with Crippen molar-refractivity contribution in [3.8, 4) is 0 Å². The second-order valence-corrected chi connectivity index (χ2v) is 4.82. The van der Waals surface area contributed by atoms with Crippen molar-refractivity contribution in [2.24, 2.45) is 5.73 Å². The fourth-order valence-corrected chi connectivity index (χ4v) is 2.05. The molecule has 0 aliphatic rings. The van der Waals surface area contributed by atoms with Gasteiger partial charge in [0.2, 0.25) is 5.91 Å². The summed E-state index contributed by atoms with van der Waals surface area (Å²) in [6.45, 7) is 3.89. The molecule has 0 fully saturated rings. The lowest BCUT2D eigenvalue weighted by Crippen LogP contribution is -2.42. The number of carbonyl (C=O) groups is 2. The molecule has 20 heavy (non-hydrogen) atoms. The molecule has 1 rings (SSSR count). The molecule has 1 aromatic rings. The van der Waals surface area contributed by atoms with Gasteiger partial charge in [0.1, 0.15) is 6.54 Å². The molecule has 0 spiro atoms. The number of benzene rings is 1.